The van der Waals surface area contributed by atoms with Crippen LogP contribution in [-0.4, -0.2) is 59.2 Å². The second-order valence-electron chi connectivity index (χ2n) is 9.01. The van der Waals surface area contributed by atoms with Gasteiger partial charge in [0.25, 0.3) is 5.91 Å². The van der Waals surface area contributed by atoms with E-state index in [1.807, 2.05) is 18.2 Å². The van der Waals surface area contributed by atoms with Crippen molar-refractivity contribution in [2.45, 2.75) is 20.0 Å². The summed E-state index contributed by atoms with van der Waals surface area (Å²) in [4.78, 5) is 17.0. The maximum absolute atomic E-state index is 12.4. The number of halogens is 1. The highest BCUT2D eigenvalue weighted by molar-refractivity contribution is 6.30. The predicted octanol–water partition coefficient (Wildman–Crippen LogP) is 4.74. The number of aromatic nitrogens is 1. The van der Waals surface area contributed by atoms with E-state index in [-0.39, 0.29) is 5.91 Å². The van der Waals surface area contributed by atoms with Crippen molar-refractivity contribution < 1.29 is 4.79 Å². The number of hydrazone groups is 1. The Labute approximate surface area is 210 Å². The molecule has 1 aromatic heterocycles. The number of nitrogens with one attached hydrogen (secondary N) is 1. The number of fused-ring (bicyclic) bond motifs is 3. The number of aryl methyl sites for hydroxylation is 1. The number of piperazine rings is 1. The summed E-state index contributed by atoms with van der Waals surface area (Å²) >= 11 is 5.97. The number of para-hydroxylation sites is 1. The van der Waals surface area contributed by atoms with Gasteiger partial charge in [0.2, 0.25) is 0 Å². The number of carbonyl (C=O) groups is 1. The highest BCUT2D eigenvalue weighted by Gasteiger charge is 2.19. The maximum atomic E-state index is 12.4. The summed E-state index contributed by atoms with van der Waals surface area (Å²) in [6.45, 7) is 7.94. The van der Waals surface area contributed by atoms with Gasteiger partial charge in [0.1, 0.15) is 0 Å². The monoisotopic (exact) mass is 487 g/mol. The lowest BCUT2D eigenvalue weighted by Crippen LogP contribution is -2.48. The number of nitrogens with zero attached hydrogens (tertiary/aromatic N) is 4. The lowest BCUT2D eigenvalue weighted by molar-refractivity contribution is -0.122. The van der Waals surface area contributed by atoms with Gasteiger partial charge in [0.15, 0.2) is 0 Å². The van der Waals surface area contributed by atoms with Crippen molar-refractivity contribution in [1.82, 2.24) is 19.8 Å². The van der Waals surface area contributed by atoms with Crippen molar-refractivity contribution in [2.24, 2.45) is 5.10 Å². The first-order valence-corrected chi connectivity index (χ1v) is 12.5. The van der Waals surface area contributed by atoms with Gasteiger partial charge in [-0.25, -0.2) is 5.43 Å². The molecule has 5 rings (SSSR count). The fraction of sp³-hybridized carbons (Fsp3) is 0.286. The maximum Gasteiger partial charge on any atom is 0.254 e. The van der Waals surface area contributed by atoms with Gasteiger partial charge in [0, 0.05) is 66.1 Å². The number of benzene rings is 3. The molecule has 0 radical (unpaired) electrons. The molecule has 7 heteroatoms. The highest BCUT2D eigenvalue weighted by atomic mass is 35.5. The zero-order valence-corrected chi connectivity index (χ0v) is 20.7. The number of hydrogen-bond acceptors (Lipinski definition) is 4. The van der Waals surface area contributed by atoms with Crippen LogP contribution in [0.1, 0.15) is 18.1 Å². The zero-order valence-electron chi connectivity index (χ0n) is 20.0. The lowest BCUT2D eigenvalue weighted by atomic mass is 10.1. The summed E-state index contributed by atoms with van der Waals surface area (Å²) in [6.07, 6.45) is 1.72. The molecule has 1 aliphatic heterocycles. The molecule has 0 saturated carbocycles. The SMILES string of the molecule is CCn1c2ccccc2c2cc(/C=N/NC(=O)CN3CCN(Cc4ccc(Cl)cc4)CC3)ccc21. The van der Waals surface area contributed by atoms with E-state index in [0.29, 0.717) is 6.54 Å². The fourth-order valence-electron chi connectivity index (χ4n) is 4.86. The Morgan fingerprint density at radius 3 is 2.43 bits per heavy atom. The van der Waals surface area contributed by atoms with Crippen LogP contribution in [0.5, 0.6) is 0 Å². The van der Waals surface area contributed by atoms with Gasteiger partial charge in [-0.2, -0.15) is 5.10 Å². The molecule has 2 heterocycles. The van der Waals surface area contributed by atoms with Gasteiger partial charge in [0.05, 0.1) is 12.8 Å². The Hall–Kier alpha value is -3.19. The van der Waals surface area contributed by atoms with E-state index in [4.69, 9.17) is 11.6 Å². The Kier molecular flexibility index (Phi) is 7.13. The second-order valence-corrected chi connectivity index (χ2v) is 9.45. The van der Waals surface area contributed by atoms with Crippen LogP contribution in [0.15, 0.2) is 71.8 Å². The number of rotatable bonds is 7. The summed E-state index contributed by atoms with van der Waals surface area (Å²) in [5.41, 5.74) is 7.37. The molecule has 0 bridgehead atoms. The van der Waals surface area contributed by atoms with Crippen LogP contribution in [0, 0.1) is 0 Å². The summed E-state index contributed by atoms with van der Waals surface area (Å²) < 4.78 is 2.32. The third kappa shape index (κ3) is 5.40. The van der Waals surface area contributed by atoms with E-state index >= 15 is 0 Å². The third-order valence-electron chi connectivity index (χ3n) is 6.67. The summed E-state index contributed by atoms with van der Waals surface area (Å²) in [6, 6.07) is 22.8. The Morgan fingerprint density at radius 2 is 1.66 bits per heavy atom. The van der Waals surface area contributed by atoms with Crippen LogP contribution in [0.3, 0.4) is 0 Å². The van der Waals surface area contributed by atoms with Gasteiger partial charge < -0.3 is 4.57 Å². The van der Waals surface area contributed by atoms with E-state index in [1.165, 1.54) is 27.4 Å². The summed E-state index contributed by atoms with van der Waals surface area (Å²) in [5.74, 6) is -0.0870. The van der Waals surface area contributed by atoms with Crippen molar-refractivity contribution >= 4 is 45.5 Å². The van der Waals surface area contributed by atoms with E-state index in [1.54, 1.807) is 6.21 Å². The molecular formula is C28H30ClN5O. The van der Waals surface area contributed by atoms with Crippen LogP contribution >= 0.6 is 11.6 Å². The molecule has 1 amide bonds. The number of hydrogen-bond donors (Lipinski definition) is 1. The molecule has 4 aromatic rings. The molecule has 1 saturated heterocycles. The number of carbonyl (C=O) groups excluding carboxylic acids is 1. The van der Waals surface area contributed by atoms with Crippen LogP contribution < -0.4 is 5.43 Å². The smallest absolute Gasteiger partial charge is 0.254 e. The lowest BCUT2D eigenvalue weighted by Gasteiger charge is -2.34. The molecular weight excluding hydrogens is 458 g/mol. The molecule has 0 unspecified atom stereocenters. The Balaban J connectivity index is 1.14. The first-order valence-electron chi connectivity index (χ1n) is 12.1. The molecule has 180 valence electrons. The normalized spacial score (nSPS) is 15.4. The van der Waals surface area contributed by atoms with Gasteiger partial charge in [-0.05, 0) is 48.4 Å². The van der Waals surface area contributed by atoms with Gasteiger partial charge in [-0.3, -0.25) is 14.6 Å². The zero-order chi connectivity index (χ0) is 24.2. The van der Waals surface area contributed by atoms with E-state index in [0.717, 1.165) is 49.9 Å². The molecule has 3 aromatic carbocycles. The molecule has 1 N–H and O–H groups in total. The minimum absolute atomic E-state index is 0.0870. The Morgan fingerprint density at radius 1 is 0.943 bits per heavy atom. The van der Waals surface area contributed by atoms with Crippen molar-refractivity contribution in [3.05, 3.63) is 82.9 Å². The number of amides is 1. The van der Waals surface area contributed by atoms with Gasteiger partial charge >= 0.3 is 0 Å². The minimum Gasteiger partial charge on any atom is -0.341 e. The van der Waals surface area contributed by atoms with Gasteiger partial charge in [-0.1, -0.05) is 48.0 Å². The first kappa shape index (κ1) is 23.5. The molecule has 0 spiro atoms. The van der Waals surface area contributed by atoms with Crippen molar-refractivity contribution in [2.75, 3.05) is 32.7 Å². The average molecular weight is 488 g/mol. The molecule has 1 aliphatic rings. The topological polar surface area (TPSA) is 52.9 Å². The van der Waals surface area contributed by atoms with Crippen LogP contribution in [0.2, 0.25) is 5.02 Å². The summed E-state index contributed by atoms with van der Waals surface area (Å²) in [7, 11) is 0. The van der Waals surface area contributed by atoms with Crippen molar-refractivity contribution in [1.29, 1.82) is 0 Å². The highest BCUT2D eigenvalue weighted by Crippen LogP contribution is 2.29. The molecule has 35 heavy (non-hydrogen) atoms. The molecule has 0 aliphatic carbocycles. The standard InChI is InChI=1S/C28H30ClN5O/c1-2-34-26-6-4-3-5-24(26)25-17-22(9-12-27(25)34)18-30-31-28(35)20-33-15-13-32(14-16-33)19-21-7-10-23(29)11-8-21/h3-12,17-18H,2,13-16,19-20H2,1H3,(H,31,35)/b30-18+. The van der Waals surface area contributed by atoms with Crippen LogP contribution in [-0.2, 0) is 17.9 Å². The van der Waals surface area contributed by atoms with Crippen molar-refractivity contribution in [3.8, 4) is 0 Å². The van der Waals surface area contributed by atoms with Gasteiger partial charge in [-0.15, -0.1) is 0 Å². The average Bonchev–Trinajstić information content (AvgIpc) is 3.19. The minimum atomic E-state index is -0.0870. The van der Waals surface area contributed by atoms with E-state index < -0.39 is 0 Å². The van der Waals surface area contributed by atoms with Crippen molar-refractivity contribution in [3.63, 3.8) is 0 Å². The third-order valence-corrected chi connectivity index (χ3v) is 6.92. The van der Waals surface area contributed by atoms with E-state index in [2.05, 4.69) is 80.3 Å². The van der Waals surface area contributed by atoms with Crippen LogP contribution in [0.4, 0.5) is 0 Å². The molecule has 1 fully saturated rings. The molecule has 6 nitrogen and oxygen atoms in total. The molecule has 0 atom stereocenters. The predicted molar refractivity (Wildman–Crippen MR) is 144 cm³/mol. The second kappa shape index (κ2) is 10.6. The van der Waals surface area contributed by atoms with Crippen LogP contribution in [0.25, 0.3) is 21.8 Å². The Bertz CT molecular complexity index is 1350. The quantitative estimate of drug-likeness (QED) is 0.303. The van der Waals surface area contributed by atoms with E-state index in [9.17, 15) is 4.79 Å². The summed E-state index contributed by atoms with van der Waals surface area (Å²) in [5, 5.41) is 7.42. The first-order chi connectivity index (χ1) is 17.1. The fourth-order valence-corrected chi connectivity index (χ4v) is 4.99. The largest absolute Gasteiger partial charge is 0.341 e.